The molecule has 3 rings (SSSR count). The van der Waals surface area contributed by atoms with E-state index < -0.39 is 11.9 Å². The molecule has 0 fully saturated rings. The lowest BCUT2D eigenvalue weighted by atomic mass is 10.3. The number of ether oxygens (including phenoxy) is 1. The van der Waals surface area contributed by atoms with Crippen molar-refractivity contribution in [1.29, 1.82) is 0 Å². The number of amides is 1. The number of benzene rings is 1. The zero-order valence-electron chi connectivity index (χ0n) is 14.3. The largest absolute Gasteiger partial charge is 0.486 e. The molecule has 8 heteroatoms. The van der Waals surface area contributed by atoms with Crippen LogP contribution in [0.2, 0.25) is 0 Å². The van der Waals surface area contributed by atoms with Gasteiger partial charge in [-0.2, -0.15) is 5.10 Å². The van der Waals surface area contributed by atoms with Crippen molar-refractivity contribution in [3.8, 4) is 5.75 Å². The van der Waals surface area contributed by atoms with E-state index in [2.05, 4.69) is 10.5 Å². The second kappa shape index (κ2) is 8.33. The molecule has 7 nitrogen and oxygen atoms in total. The number of carboxylic acids is 1. The molecule has 3 aromatic rings. The summed E-state index contributed by atoms with van der Waals surface area (Å²) in [6.45, 7) is 1.88. The van der Waals surface area contributed by atoms with Gasteiger partial charge < -0.3 is 14.3 Å². The van der Waals surface area contributed by atoms with Crippen molar-refractivity contribution in [3.63, 3.8) is 0 Å². The third-order valence-corrected chi connectivity index (χ3v) is 4.69. The van der Waals surface area contributed by atoms with Crippen molar-refractivity contribution in [2.75, 3.05) is 0 Å². The van der Waals surface area contributed by atoms with Crippen molar-refractivity contribution in [3.05, 3.63) is 75.9 Å². The Morgan fingerprint density at radius 1 is 1.11 bits per heavy atom. The first-order valence-corrected chi connectivity index (χ1v) is 8.79. The number of carbonyl (C=O) groups is 2. The van der Waals surface area contributed by atoms with Crippen LogP contribution >= 0.6 is 11.3 Å². The Bertz CT molecular complexity index is 975. The monoisotopic (exact) mass is 384 g/mol. The normalized spacial score (nSPS) is 11.2. The van der Waals surface area contributed by atoms with E-state index in [1.807, 2.05) is 30.3 Å². The number of rotatable bonds is 7. The van der Waals surface area contributed by atoms with E-state index in [1.165, 1.54) is 12.1 Å². The number of para-hydroxylation sites is 1. The second-order valence-electron chi connectivity index (χ2n) is 5.47. The van der Waals surface area contributed by atoms with Crippen LogP contribution in [0.1, 0.15) is 37.8 Å². The van der Waals surface area contributed by atoms with E-state index in [1.54, 1.807) is 19.1 Å². The maximum atomic E-state index is 12.1. The summed E-state index contributed by atoms with van der Waals surface area (Å²) in [4.78, 5) is 23.9. The highest BCUT2D eigenvalue weighted by atomic mass is 32.1. The molecule has 0 spiro atoms. The molecular formula is C19H16N2O5S. The summed E-state index contributed by atoms with van der Waals surface area (Å²) < 4.78 is 11.0. The average molecular weight is 384 g/mol. The van der Waals surface area contributed by atoms with Crippen LogP contribution in [-0.2, 0) is 6.61 Å². The van der Waals surface area contributed by atoms with Gasteiger partial charge in [-0.15, -0.1) is 11.3 Å². The topological polar surface area (TPSA) is 101 Å². The number of aromatic carboxylic acids is 1. The van der Waals surface area contributed by atoms with Crippen molar-refractivity contribution in [2.24, 2.45) is 5.10 Å². The first kappa shape index (κ1) is 18.4. The van der Waals surface area contributed by atoms with Gasteiger partial charge >= 0.3 is 11.9 Å². The molecule has 0 aliphatic heterocycles. The van der Waals surface area contributed by atoms with Gasteiger partial charge in [-0.3, -0.25) is 4.79 Å². The number of hydrazone groups is 1. The van der Waals surface area contributed by atoms with Crippen LogP contribution in [0.5, 0.6) is 5.75 Å². The maximum absolute atomic E-state index is 12.1. The molecule has 0 atom stereocenters. The number of furan rings is 1. The number of hydrogen-bond donors (Lipinski definition) is 2. The van der Waals surface area contributed by atoms with Crippen LogP contribution in [0, 0.1) is 0 Å². The Morgan fingerprint density at radius 3 is 2.56 bits per heavy atom. The summed E-state index contributed by atoms with van der Waals surface area (Å²) in [5, 5.41) is 12.9. The van der Waals surface area contributed by atoms with Gasteiger partial charge in [0.25, 0.3) is 0 Å². The Balaban J connectivity index is 1.57. The summed E-state index contributed by atoms with van der Waals surface area (Å²) in [5.41, 5.74) is 2.90. The third kappa shape index (κ3) is 4.83. The van der Waals surface area contributed by atoms with E-state index in [0.29, 0.717) is 22.1 Å². The zero-order chi connectivity index (χ0) is 19.2. The molecule has 0 aliphatic carbocycles. The molecule has 0 saturated heterocycles. The van der Waals surface area contributed by atoms with Crippen LogP contribution in [0.3, 0.4) is 0 Å². The predicted molar refractivity (Wildman–Crippen MR) is 100 cm³/mol. The lowest BCUT2D eigenvalue weighted by Crippen LogP contribution is -2.18. The standard InChI is InChI=1S/C19H16N2O5S/c1-12(16-9-10-17(27-16)19(23)24)20-21-18(22)15-8-7-14(26-15)11-25-13-5-3-2-4-6-13/h2-10H,11H2,1H3,(H,21,22)(H,23,24)/b20-12-. The Labute approximate surface area is 158 Å². The second-order valence-corrected chi connectivity index (χ2v) is 6.56. The van der Waals surface area contributed by atoms with Gasteiger partial charge in [-0.1, -0.05) is 18.2 Å². The quantitative estimate of drug-likeness (QED) is 0.477. The lowest BCUT2D eigenvalue weighted by Gasteiger charge is -2.03. The van der Waals surface area contributed by atoms with Gasteiger partial charge in [0.2, 0.25) is 0 Å². The number of nitrogens with zero attached hydrogens (tertiary/aromatic N) is 1. The third-order valence-electron chi connectivity index (χ3n) is 3.51. The molecule has 2 N–H and O–H groups in total. The summed E-state index contributed by atoms with van der Waals surface area (Å²) >= 11 is 1.08. The van der Waals surface area contributed by atoms with E-state index in [0.717, 1.165) is 11.3 Å². The van der Waals surface area contributed by atoms with E-state index >= 15 is 0 Å². The van der Waals surface area contributed by atoms with Crippen LogP contribution in [0.15, 0.2) is 64.1 Å². The number of nitrogens with one attached hydrogen (secondary N) is 1. The van der Waals surface area contributed by atoms with E-state index in [4.69, 9.17) is 14.3 Å². The Hall–Kier alpha value is -3.39. The first-order valence-electron chi connectivity index (χ1n) is 7.97. The molecule has 27 heavy (non-hydrogen) atoms. The Kier molecular flexibility index (Phi) is 5.68. The fourth-order valence-electron chi connectivity index (χ4n) is 2.14. The number of hydrogen-bond acceptors (Lipinski definition) is 6. The number of carbonyl (C=O) groups excluding carboxylic acids is 1. The van der Waals surface area contributed by atoms with E-state index in [-0.39, 0.29) is 17.2 Å². The van der Waals surface area contributed by atoms with Crippen LogP contribution < -0.4 is 10.2 Å². The van der Waals surface area contributed by atoms with Gasteiger partial charge in [-0.05, 0) is 43.3 Å². The average Bonchev–Trinajstić information content (AvgIpc) is 3.35. The highest BCUT2D eigenvalue weighted by molar-refractivity contribution is 7.15. The fraction of sp³-hybridized carbons (Fsp3) is 0.105. The van der Waals surface area contributed by atoms with Gasteiger partial charge in [0.15, 0.2) is 5.76 Å². The molecule has 2 aromatic heterocycles. The highest BCUT2D eigenvalue weighted by Crippen LogP contribution is 2.17. The van der Waals surface area contributed by atoms with Crippen LogP contribution in [0.4, 0.5) is 0 Å². The minimum Gasteiger partial charge on any atom is -0.486 e. The fourth-order valence-corrected chi connectivity index (χ4v) is 2.93. The SMILES string of the molecule is C/C(=N/NC(=O)c1ccc(COc2ccccc2)o1)c1ccc(C(=O)O)s1. The minimum atomic E-state index is -0.996. The smallest absolute Gasteiger partial charge is 0.345 e. The lowest BCUT2D eigenvalue weighted by molar-refractivity contribution is 0.0702. The molecule has 0 aliphatic rings. The maximum Gasteiger partial charge on any atom is 0.345 e. The van der Waals surface area contributed by atoms with Crippen LogP contribution in [-0.4, -0.2) is 22.7 Å². The molecule has 0 unspecified atom stereocenters. The zero-order valence-corrected chi connectivity index (χ0v) is 15.2. The number of carboxylic acid groups (broad SMARTS) is 1. The van der Waals surface area contributed by atoms with Crippen molar-refractivity contribution in [2.45, 2.75) is 13.5 Å². The Morgan fingerprint density at radius 2 is 1.85 bits per heavy atom. The van der Waals surface area contributed by atoms with Gasteiger partial charge in [0.05, 0.1) is 10.6 Å². The van der Waals surface area contributed by atoms with Gasteiger partial charge in [0, 0.05) is 0 Å². The molecule has 0 radical (unpaired) electrons. The van der Waals surface area contributed by atoms with Crippen molar-refractivity contribution in [1.82, 2.24) is 5.43 Å². The molecule has 138 valence electrons. The minimum absolute atomic E-state index is 0.107. The summed E-state index contributed by atoms with van der Waals surface area (Å²) in [6.07, 6.45) is 0. The summed E-state index contributed by atoms with van der Waals surface area (Å²) in [6, 6.07) is 15.6. The molecule has 0 bridgehead atoms. The van der Waals surface area contributed by atoms with Crippen molar-refractivity contribution < 1.29 is 23.8 Å². The summed E-state index contributed by atoms with van der Waals surface area (Å²) in [5.74, 6) is -0.180. The summed E-state index contributed by atoms with van der Waals surface area (Å²) in [7, 11) is 0. The highest BCUT2D eigenvalue weighted by Gasteiger charge is 2.12. The van der Waals surface area contributed by atoms with E-state index in [9.17, 15) is 9.59 Å². The van der Waals surface area contributed by atoms with Gasteiger partial charge in [-0.25, -0.2) is 10.2 Å². The molecule has 2 heterocycles. The number of thiophene rings is 1. The van der Waals surface area contributed by atoms with Crippen LogP contribution in [0.25, 0.3) is 0 Å². The predicted octanol–water partition coefficient (Wildman–Crippen LogP) is 3.77. The molecule has 1 aromatic carbocycles. The molecule has 1 amide bonds. The molecular weight excluding hydrogens is 368 g/mol. The van der Waals surface area contributed by atoms with Gasteiger partial charge in [0.1, 0.15) is 23.0 Å². The van der Waals surface area contributed by atoms with Crippen molar-refractivity contribution >= 4 is 28.9 Å². The first-order chi connectivity index (χ1) is 13.0. The molecule has 0 saturated carbocycles.